The number of rotatable bonds is 5. The van der Waals surface area contributed by atoms with E-state index in [4.69, 9.17) is 28.3 Å². The summed E-state index contributed by atoms with van der Waals surface area (Å²) in [5, 5.41) is 8.89. The van der Waals surface area contributed by atoms with Crippen molar-refractivity contribution in [1.82, 2.24) is 4.72 Å². The lowest BCUT2D eigenvalue weighted by molar-refractivity contribution is -0.292. The molecule has 1 heterocycles. The van der Waals surface area contributed by atoms with Crippen LogP contribution in [0.25, 0.3) is 0 Å². The van der Waals surface area contributed by atoms with Crippen LogP contribution >= 0.6 is 50.9 Å². The molecular weight excluding hydrogens is 499 g/mol. The standard InChI is InChI=1S/C9H8BrCl2F6NO3S2/c10-3-1-7(12,23-6(3)11)24(21,22)19-4(2-20)5(8(13,14)15)9(16,17)18/h4-5,19-20H,1-2H2. The van der Waals surface area contributed by atoms with Crippen LogP contribution in [0.2, 0.25) is 0 Å². The summed E-state index contributed by atoms with van der Waals surface area (Å²) in [4.78, 5) is 0. The molecule has 142 valence electrons. The van der Waals surface area contributed by atoms with Gasteiger partial charge < -0.3 is 5.11 Å². The zero-order valence-electron chi connectivity index (χ0n) is 11.1. The molecule has 1 rings (SSSR count). The van der Waals surface area contributed by atoms with Gasteiger partial charge in [-0.1, -0.05) is 50.9 Å². The van der Waals surface area contributed by atoms with Gasteiger partial charge in [0.25, 0.3) is 0 Å². The Hall–Kier alpha value is 0.600. The maximum absolute atomic E-state index is 12.7. The fourth-order valence-electron chi connectivity index (χ4n) is 1.77. The van der Waals surface area contributed by atoms with Gasteiger partial charge in [-0.25, -0.2) is 13.1 Å². The van der Waals surface area contributed by atoms with Gasteiger partial charge in [-0.3, -0.25) is 0 Å². The zero-order valence-corrected chi connectivity index (χ0v) is 15.8. The van der Waals surface area contributed by atoms with E-state index in [-0.39, 0.29) is 8.85 Å². The molecule has 2 N–H and O–H groups in total. The van der Waals surface area contributed by atoms with Gasteiger partial charge in [0.1, 0.15) is 0 Å². The Kier molecular flexibility index (Phi) is 6.90. The summed E-state index contributed by atoms with van der Waals surface area (Å²) in [6, 6.07) is -2.90. The molecule has 1 aliphatic rings. The van der Waals surface area contributed by atoms with E-state index < -0.39 is 50.9 Å². The monoisotopic (exact) mass is 505 g/mol. The molecule has 0 aromatic rings. The fourth-order valence-corrected chi connectivity index (χ4v) is 6.80. The summed E-state index contributed by atoms with van der Waals surface area (Å²) in [7, 11) is -4.94. The fraction of sp³-hybridized carbons (Fsp3) is 0.778. The molecule has 0 spiro atoms. The predicted molar refractivity (Wildman–Crippen MR) is 81.1 cm³/mol. The van der Waals surface area contributed by atoms with E-state index in [9.17, 15) is 34.8 Å². The minimum atomic E-state index is -5.84. The third-order valence-corrected chi connectivity index (χ3v) is 8.78. The number of halogens is 9. The Bertz CT molecular complexity index is 596. The van der Waals surface area contributed by atoms with Gasteiger partial charge in [-0.05, 0) is 0 Å². The lowest BCUT2D eigenvalue weighted by atomic mass is 10.00. The van der Waals surface area contributed by atoms with Crippen LogP contribution in [0.5, 0.6) is 0 Å². The lowest BCUT2D eigenvalue weighted by Crippen LogP contribution is -2.56. The van der Waals surface area contributed by atoms with Crippen LogP contribution in [0.1, 0.15) is 6.42 Å². The van der Waals surface area contributed by atoms with Crippen molar-refractivity contribution in [3.63, 3.8) is 0 Å². The second kappa shape index (κ2) is 7.31. The van der Waals surface area contributed by atoms with Gasteiger partial charge in [0, 0.05) is 10.9 Å². The number of allylic oxidation sites excluding steroid dienone is 1. The van der Waals surface area contributed by atoms with Crippen molar-refractivity contribution in [2.45, 2.75) is 28.4 Å². The molecule has 24 heavy (non-hydrogen) atoms. The van der Waals surface area contributed by atoms with Gasteiger partial charge in [0.05, 0.1) is 17.0 Å². The topological polar surface area (TPSA) is 66.4 Å². The molecule has 0 bridgehead atoms. The summed E-state index contributed by atoms with van der Waals surface area (Å²) in [6.45, 7) is -1.75. The zero-order chi connectivity index (χ0) is 19.1. The summed E-state index contributed by atoms with van der Waals surface area (Å²) in [5.74, 6) is -4.11. The molecule has 2 atom stereocenters. The summed E-state index contributed by atoms with van der Waals surface area (Å²) in [5.41, 5.74) is 0. The van der Waals surface area contributed by atoms with E-state index in [2.05, 4.69) is 15.9 Å². The first kappa shape index (κ1) is 22.6. The summed E-state index contributed by atoms with van der Waals surface area (Å²) < 4.78 is 99.3. The quantitative estimate of drug-likeness (QED) is 0.439. The normalized spacial score (nSPS) is 24.8. The van der Waals surface area contributed by atoms with Gasteiger partial charge in [-0.15, -0.1) is 0 Å². The average Bonchev–Trinajstić information content (AvgIpc) is 2.59. The molecule has 1 aliphatic heterocycles. The smallest absolute Gasteiger partial charge is 0.395 e. The van der Waals surface area contributed by atoms with Crippen LogP contribution in [0.4, 0.5) is 26.3 Å². The van der Waals surface area contributed by atoms with Crippen molar-refractivity contribution in [1.29, 1.82) is 0 Å². The molecule has 0 aromatic heterocycles. The molecule has 0 amide bonds. The maximum atomic E-state index is 12.7. The molecular formula is C9H8BrCl2F6NO3S2. The second-order valence-corrected chi connectivity index (χ2v) is 10.7. The number of hydrogen-bond donors (Lipinski definition) is 2. The van der Waals surface area contributed by atoms with Crippen molar-refractivity contribution < 1.29 is 39.9 Å². The first-order chi connectivity index (χ1) is 10.5. The summed E-state index contributed by atoms with van der Waals surface area (Å²) in [6.07, 6.45) is -12.2. The highest BCUT2D eigenvalue weighted by atomic mass is 79.9. The number of nitrogens with one attached hydrogen (secondary N) is 1. The maximum Gasteiger partial charge on any atom is 0.402 e. The second-order valence-electron chi connectivity index (χ2n) is 4.59. The van der Waals surface area contributed by atoms with Gasteiger partial charge >= 0.3 is 12.4 Å². The average molecular weight is 507 g/mol. The molecule has 0 saturated carbocycles. The van der Waals surface area contributed by atoms with E-state index in [1.807, 2.05) is 0 Å². The molecule has 2 unspecified atom stereocenters. The number of sulfonamides is 1. The van der Waals surface area contributed by atoms with Crippen LogP contribution in [-0.2, 0) is 10.0 Å². The van der Waals surface area contributed by atoms with Gasteiger partial charge in [0.2, 0.25) is 13.6 Å². The third kappa shape index (κ3) is 4.86. The Morgan fingerprint density at radius 3 is 2.04 bits per heavy atom. The Labute approximate surface area is 155 Å². The number of alkyl halides is 7. The number of hydrogen-bond acceptors (Lipinski definition) is 4. The highest BCUT2D eigenvalue weighted by Crippen LogP contribution is 2.55. The van der Waals surface area contributed by atoms with Crippen LogP contribution in [0, 0.1) is 5.92 Å². The predicted octanol–water partition coefficient (Wildman–Crippen LogP) is 3.84. The largest absolute Gasteiger partial charge is 0.402 e. The molecule has 0 saturated heterocycles. The first-order valence-corrected chi connectivity index (χ1v) is 9.58. The van der Waals surface area contributed by atoms with Crippen molar-refractivity contribution in [3.8, 4) is 0 Å². The Balaban J connectivity index is 3.15. The van der Waals surface area contributed by atoms with Crippen molar-refractivity contribution in [2.24, 2.45) is 5.92 Å². The van der Waals surface area contributed by atoms with Gasteiger partial charge in [0.15, 0.2) is 5.92 Å². The Morgan fingerprint density at radius 2 is 1.75 bits per heavy atom. The molecule has 0 aliphatic carbocycles. The van der Waals surface area contributed by atoms with Crippen LogP contribution < -0.4 is 4.72 Å². The van der Waals surface area contributed by atoms with Gasteiger partial charge in [-0.2, -0.15) is 26.3 Å². The van der Waals surface area contributed by atoms with Crippen molar-refractivity contribution >= 4 is 60.9 Å². The summed E-state index contributed by atoms with van der Waals surface area (Å²) >= 11 is 14.7. The van der Waals surface area contributed by atoms with Crippen LogP contribution in [0.15, 0.2) is 8.85 Å². The molecule has 15 heteroatoms. The highest BCUT2D eigenvalue weighted by molar-refractivity contribution is 9.11. The third-order valence-electron chi connectivity index (χ3n) is 2.83. The molecule has 0 radical (unpaired) electrons. The lowest BCUT2D eigenvalue weighted by Gasteiger charge is -2.32. The van der Waals surface area contributed by atoms with Crippen molar-refractivity contribution in [2.75, 3.05) is 6.61 Å². The minimum absolute atomic E-state index is 0.112. The molecule has 0 fully saturated rings. The Morgan fingerprint density at radius 1 is 1.29 bits per heavy atom. The molecule has 4 nitrogen and oxygen atoms in total. The van der Waals surface area contributed by atoms with Crippen LogP contribution in [0.3, 0.4) is 0 Å². The van der Waals surface area contributed by atoms with Crippen LogP contribution in [-0.4, -0.2) is 42.1 Å². The van der Waals surface area contributed by atoms with E-state index in [0.29, 0.717) is 11.8 Å². The van der Waals surface area contributed by atoms with Crippen molar-refractivity contribution in [3.05, 3.63) is 8.85 Å². The SMILES string of the molecule is O=S(=O)(NC(CO)C(C(F)(F)F)C(F)(F)F)C1(Cl)CC(Br)=C(Cl)S1. The first-order valence-electron chi connectivity index (χ1n) is 5.73. The van der Waals surface area contributed by atoms with E-state index in [0.717, 1.165) is 0 Å². The van der Waals surface area contributed by atoms with E-state index in [1.165, 1.54) is 4.72 Å². The van der Waals surface area contributed by atoms with E-state index >= 15 is 0 Å². The highest BCUT2D eigenvalue weighted by Gasteiger charge is 2.62. The number of thioether (sulfide) groups is 1. The molecule has 0 aromatic carbocycles. The van der Waals surface area contributed by atoms with E-state index in [1.54, 1.807) is 0 Å². The number of aliphatic hydroxyl groups is 1. The number of aliphatic hydroxyl groups excluding tert-OH is 1. The minimum Gasteiger partial charge on any atom is -0.395 e.